The maximum Gasteiger partial charge on any atom is 0.0424 e. The summed E-state index contributed by atoms with van der Waals surface area (Å²) in [6, 6.07) is 4.84. The fourth-order valence-electron chi connectivity index (χ4n) is 3.36. The first-order valence-electron chi connectivity index (χ1n) is 6.15. The Morgan fingerprint density at radius 1 is 1.40 bits per heavy atom. The van der Waals surface area contributed by atoms with E-state index in [0.29, 0.717) is 6.04 Å². The van der Waals surface area contributed by atoms with Crippen molar-refractivity contribution in [3.63, 3.8) is 0 Å². The minimum absolute atomic E-state index is 0.339. The third-order valence-corrected chi connectivity index (χ3v) is 5.58. The lowest BCUT2D eigenvalue weighted by Gasteiger charge is -2.11. The van der Waals surface area contributed by atoms with E-state index in [2.05, 4.69) is 19.1 Å². The summed E-state index contributed by atoms with van der Waals surface area (Å²) >= 11 is 1.92. The highest BCUT2D eigenvalue weighted by Gasteiger charge is 2.55. The molecule has 2 N–H and O–H groups in total. The second kappa shape index (κ2) is 3.60. The Labute approximate surface area is 95.7 Å². The van der Waals surface area contributed by atoms with Gasteiger partial charge in [-0.25, -0.2) is 0 Å². The normalized spacial score (nSPS) is 35.2. The molecular formula is C13H19NS. The molecule has 2 aliphatic carbocycles. The standard InChI is InChI=1S/C13H19NS/c1-2-8-6-7-11(15-8)13(14)12-9-4-3-5-10(9)12/h6-7,9-10,12-13H,2-5,14H2,1H3. The maximum atomic E-state index is 6.37. The van der Waals surface area contributed by atoms with Crippen LogP contribution in [0.4, 0.5) is 0 Å². The highest BCUT2D eigenvalue weighted by atomic mass is 32.1. The van der Waals surface area contributed by atoms with Crippen molar-refractivity contribution in [2.75, 3.05) is 0 Å². The van der Waals surface area contributed by atoms with E-state index < -0.39 is 0 Å². The molecule has 0 bridgehead atoms. The number of hydrogen-bond donors (Lipinski definition) is 1. The van der Waals surface area contributed by atoms with E-state index in [1.807, 2.05) is 11.3 Å². The number of thiophene rings is 1. The molecule has 0 radical (unpaired) electrons. The molecule has 3 unspecified atom stereocenters. The van der Waals surface area contributed by atoms with Gasteiger partial charge in [0.1, 0.15) is 0 Å². The van der Waals surface area contributed by atoms with Gasteiger partial charge in [-0.15, -0.1) is 11.3 Å². The van der Waals surface area contributed by atoms with Crippen molar-refractivity contribution < 1.29 is 0 Å². The lowest BCUT2D eigenvalue weighted by atomic mass is 10.0. The molecule has 3 atom stereocenters. The van der Waals surface area contributed by atoms with Crippen LogP contribution in [-0.2, 0) is 6.42 Å². The Morgan fingerprint density at radius 3 is 2.73 bits per heavy atom. The van der Waals surface area contributed by atoms with Gasteiger partial charge >= 0.3 is 0 Å². The summed E-state index contributed by atoms with van der Waals surface area (Å²) in [6.45, 7) is 2.22. The second-order valence-corrected chi connectivity index (χ2v) is 6.22. The first-order valence-corrected chi connectivity index (χ1v) is 6.97. The van der Waals surface area contributed by atoms with Crippen LogP contribution in [-0.4, -0.2) is 0 Å². The SMILES string of the molecule is CCc1ccc(C(N)C2C3CCCC32)s1. The molecule has 2 aliphatic rings. The molecule has 1 aromatic rings. The average Bonchev–Trinajstić information content (AvgIpc) is 2.73. The lowest BCUT2D eigenvalue weighted by Crippen LogP contribution is -2.13. The lowest BCUT2D eigenvalue weighted by molar-refractivity contribution is 0.507. The van der Waals surface area contributed by atoms with Gasteiger partial charge in [0.25, 0.3) is 0 Å². The molecule has 1 heterocycles. The van der Waals surface area contributed by atoms with Crippen molar-refractivity contribution in [1.29, 1.82) is 0 Å². The van der Waals surface area contributed by atoms with Gasteiger partial charge in [-0.1, -0.05) is 13.3 Å². The molecule has 2 heteroatoms. The van der Waals surface area contributed by atoms with Crippen molar-refractivity contribution in [1.82, 2.24) is 0 Å². The molecule has 0 spiro atoms. The van der Waals surface area contributed by atoms with Gasteiger partial charge in [-0.2, -0.15) is 0 Å². The first-order chi connectivity index (χ1) is 7.31. The van der Waals surface area contributed by atoms with Gasteiger partial charge in [0.2, 0.25) is 0 Å². The second-order valence-electron chi connectivity index (χ2n) is 5.02. The average molecular weight is 221 g/mol. The minimum atomic E-state index is 0.339. The van der Waals surface area contributed by atoms with Gasteiger partial charge in [0.05, 0.1) is 0 Å². The predicted molar refractivity (Wildman–Crippen MR) is 64.9 cm³/mol. The van der Waals surface area contributed by atoms with Crippen molar-refractivity contribution >= 4 is 11.3 Å². The summed E-state index contributed by atoms with van der Waals surface area (Å²) in [5.41, 5.74) is 6.37. The molecule has 2 fully saturated rings. The van der Waals surface area contributed by atoms with Gasteiger partial charge < -0.3 is 5.73 Å². The number of aryl methyl sites for hydroxylation is 1. The van der Waals surface area contributed by atoms with Crippen LogP contribution < -0.4 is 5.73 Å². The molecule has 0 amide bonds. The van der Waals surface area contributed by atoms with Crippen LogP contribution in [0.1, 0.15) is 42.0 Å². The highest BCUT2D eigenvalue weighted by Crippen LogP contribution is 2.61. The molecule has 0 aliphatic heterocycles. The monoisotopic (exact) mass is 221 g/mol. The topological polar surface area (TPSA) is 26.0 Å². The number of rotatable bonds is 3. The van der Waals surface area contributed by atoms with Gasteiger partial charge in [0, 0.05) is 15.8 Å². The predicted octanol–water partition coefficient (Wildman–Crippen LogP) is 3.36. The zero-order valence-corrected chi connectivity index (χ0v) is 10.1. The summed E-state index contributed by atoms with van der Waals surface area (Å²) < 4.78 is 0. The van der Waals surface area contributed by atoms with Crippen LogP contribution >= 0.6 is 11.3 Å². The summed E-state index contributed by atoms with van der Waals surface area (Å²) in [5.74, 6) is 2.78. The smallest absolute Gasteiger partial charge is 0.0424 e. The fourth-order valence-corrected chi connectivity index (χ4v) is 4.38. The Balaban J connectivity index is 1.72. The van der Waals surface area contributed by atoms with Crippen LogP contribution in [0, 0.1) is 17.8 Å². The summed E-state index contributed by atoms with van der Waals surface area (Å²) in [7, 11) is 0. The zero-order chi connectivity index (χ0) is 10.4. The molecule has 2 saturated carbocycles. The molecular weight excluding hydrogens is 202 g/mol. The third-order valence-electron chi connectivity index (χ3n) is 4.25. The van der Waals surface area contributed by atoms with E-state index in [1.54, 1.807) is 0 Å². The van der Waals surface area contributed by atoms with Gasteiger partial charge in [-0.05, 0) is 49.1 Å². The fraction of sp³-hybridized carbons (Fsp3) is 0.692. The molecule has 1 aromatic heterocycles. The highest BCUT2D eigenvalue weighted by molar-refractivity contribution is 7.12. The number of fused-ring (bicyclic) bond motifs is 1. The molecule has 82 valence electrons. The van der Waals surface area contributed by atoms with Gasteiger partial charge in [0.15, 0.2) is 0 Å². The van der Waals surface area contributed by atoms with E-state index in [-0.39, 0.29) is 0 Å². The van der Waals surface area contributed by atoms with Crippen molar-refractivity contribution in [3.8, 4) is 0 Å². The van der Waals surface area contributed by atoms with E-state index >= 15 is 0 Å². The Bertz CT molecular complexity index is 347. The van der Waals surface area contributed by atoms with Crippen LogP contribution in [0.15, 0.2) is 12.1 Å². The van der Waals surface area contributed by atoms with E-state index in [1.165, 1.54) is 29.0 Å². The molecule has 0 saturated heterocycles. The summed E-state index contributed by atoms with van der Waals surface area (Å²) in [6.07, 6.45) is 5.47. The molecule has 1 nitrogen and oxygen atoms in total. The quantitative estimate of drug-likeness (QED) is 0.832. The van der Waals surface area contributed by atoms with Crippen molar-refractivity contribution in [2.45, 2.75) is 38.6 Å². The van der Waals surface area contributed by atoms with Gasteiger partial charge in [-0.3, -0.25) is 0 Å². The third kappa shape index (κ3) is 1.55. The molecule has 0 aromatic carbocycles. The summed E-state index contributed by atoms with van der Waals surface area (Å²) in [4.78, 5) is 2.90. The van der Waals surface area contributed by atoms with Crippen LogP contribution in [0.5, 0.6) is 0 Å². The number of hydrogen-bond acceptors (Lipinski definition) is 2. The van der Waals surface area contributed by atoms with E-state index in [4.69, 9.17) is 5.73 Å². The number of nitrogens with two attached hydrogens (primary N) is 1. The Morgan fingerprint density at radius 2 is 2.13 bits per heavy atom. The van der Waals surface area contributed by atoms with Crippen molar-refractivity contribution in [3.05, 3.63) is 21.9 Å². The minimum Gasteiger partial charge on any atom is -0.323 e. The van der Waals surface area contributed by atoms with Crippen LogP contribution in [0.25, 0.3) is 0 Å². The van der Waals surface area contributed by atoms with Crippen LogP contribution in [0.2, 0.25) is 0 Å². The molecule has 15 heavy (non-hydrogen) atoms. The van der Waals surface area contributed by atoms with E-state index in [9.17, 15) is 0 Å². The largest absolute Gasteiger partial charge is 0.323 e. The van der Waals surface area contributed by atoms with Crippen LogP contribution in [0.3, 0.4) is 0 Å². The van der Waals surface area contributed by atoms with E-state index in [0.717, 1.165) is 24.2 Å². The first kappa shape index (κ1) is 9.86. The Hall–Kier alpha value is -0.340. The summed E-state index contributed by atoms with van der Waals surface area (Å²) in [5, 5.41) is 0. The Kier molecular flexibility index (Phi) is 2.37. The zero-order valence-electron chi connectivity index (χ0n) is 9.28. The van der Waals surface area contributed by atoms with Crippen molar-refractivity contribution in [2.24, 2.45) is 23.5 Å². The molecule has 3 rings (SSSR count). The maximum absolute atomic E-state index is 6.37.